The van der Waals surface area contributed by atoms with Gasteiger partial charge in [-0.05, 0) is 109 Å². The number of ether oxygens (including phenoxy) is 3. The van der Waals surface area contributed by atoms with Gasteiger partial charge in [0.25, 0.3) is 0 Å². The zero-order valence-electron chi connectivity index (χ0n) is 41.3. The molecule has 0 amide bonds. The van der Waals surface area contributed by atoms with Crippen LogP contribution in [0.5, 0.6) is 0 Å². The molecule has 0 aromatic carbocycles. The van der Waals surface area contributed by atoms with Crippen LogP contribution in [0.1, 0.15) is 252 Å². The Morgan fingerprint density at radius 3 is 1.02 bits per heavy atom. The minimum absolute atomic E-state index is 0.1000. The summed E-state index contributed by atoms with van der Waals surface area (Å²) in [6.07, 6.45) is 64.6. The normalized spacial score (nSPS) is 12.6. The third-order valence-electron chi connectivity index (χ3n) is 11.2. The standard InChI is InChI=1S/C57H98O6/c1-4-7-10-13-16-19-22-25-27-28-30-32-35-38-41-44-47-50-56(59)62-53-54(52-61-55(58)49-46-43-40-37-34-31-24-21-18-15-12-9-6-3)63-57(60)51-48-45-42-39-36-33-29-26-23-20-17-14-11-8-5-2/h16,19,21,24-27,29-30,32,38,41,54H,4-15,17-18,20,22-23,28,31,33-37,39-40,42-53H2,1-3H3/b19-16-,24-21-,27-25-,29-26-,32-30-,41-38-/t54-/m1/s1. The number of hydrogen-bond donors (Lipinski definition) is 0. The van der Waals surface area contributed by atoms with Crippen molar-refractivity contribution in [3.05, 3.63) is 72.9 Å². The van der Waals surface area contributed by atoms with Gasteiger partial charge in [-0.3, -0.25) is 14.4 Å². The topological polar surface area (TPSA) is 78.9 Å². The molecule has 0 aliphatic heterocycles. The first-order valence-corrected chi connectivity index (χ1v) is 26.4. The molecule has 0 bridgehead atoms. The highest BCUT2D eigenvalue weighted by Crippen LogP contribution is 2.13. The van der Waals surface area contributed by atoms with Gasteiger partial charge in [0.05, 0.1) is 0 Å². The summed E-state index contributed by atoms with van der Waals surface area (Å²) in [6.45, 7) is 6.53. The predicted octanol–water partition coefficient (Wildman–Crippen LogP) is 17.4. The second kappa shape index (κ2) is 51.5. The first-order valence-electron chi connectivity index (χ1n) is 26.4. The number of carbonyl (C=O) groups is 3. The van der Waals surface area contributed by atoms with Crippen molar-refractivity contribution in [3.8, 4) is 0 Å². The van der Waals surface area contributed by atoms with E-state index in [-0.39, 0.29) is 37.5 Å². The average Bonchev–Trinajstić information content (AvgIpc) is 3.28. The highest BCUT2D eigenvalue weighted by Gasteiger charge is 2.19. The molecule has 0 spiro atoms. The highest BCUT2D eigenvalue weighted by molar-refractivity contribution is 5.71. The van der Waals surface area contributed by atoms with Crippen molar-refractivity contribution in [3.63, 3.8) is 0 Å². The predicted molar refractivity (Wildman–Crippen MR) is 270 cm³/mol. The SMILES string of the molecule is CCCCC/C=C\C/C=C\C/C=C\C/C=C\CCCC(=O)OC[C@@H](COC(=O)CCCCCCC/C=C\CCCCCC)OC(=O)CCCCCCC/C=C\CCCCCCCC. The Morgan fingerprint density at radius 2 is 0.587 bits per heavy atom. The van der Waals surface area contributed by atoms with Crippen molar-refractivity contribution in [2.24, 2.45) is 0 Å². The van der Waals surface area contributed by atoms with Crippen molar-refractivity contribution in [1.82, 2.24) is 0 Å². The second-order valence-electron chi connectivity index (χ2n) is 17.4. The maximum absolute atomic E-state index is 12.8. The van der Waals surface area contributed by atoms with Gasteiger partial charge in [-0.15, -0.1) is 0 Å². The summed E-state index contributed by atoms with van der Waals surface area (Å²) in [7, 11) is 0. The van der Waals surface area contributed by atoms with Gasteiger partial charge in [-0.25, -0.2) is 0 Å². The smallest absolute Gasteiger partial charge is 0.306 e. The molecule has 0 aliphatic rings. The van der Waals surface area contributed by atoms with E-state index in [0.29, 0.717) is 19.3 Å². The quantitative estimate of drug-likeness (QED) is 0.0262. The molecule has 0 saturated carbocycles. The molecule has 0 aromatic rings. The first-order chi connectivity index (χ1) is 31.0. The van der Waals surface area contributed by atoms with Crippen LogP contribution in [-0.4, -0.2) is 37.2 Å². The molecule has 0 fully saturated rings. The monoisotopic (exact) mass is 879 g/mol. The van der Waals surface area contributed by atoms with Gasteiger partial charge in [-0.2, -0.15) is 0 Å². The fourth-order valence-electron chi connectivity index (χ4n) is 7.13. The molecule has 1 atom stereocenters. The van der Waals surface area contributed by atoms with Gasteiger partial charge >= 0.3 is 17.9 Å². The van der Waals surface area contributed by atoms with Crippen molar-refractivity contribution in [1.29, 1.82) is 0 Å². The van der Waals surface area contributed by atoms with Crippen molar-refractivity contribution in [2.75, 3.05) is 13.2 Å². The number of rotatable bonds is 47. The lowest BCUT2D eigenvalue weighted by Gasteiger charge is -2.18. The van der Waals surface area contributed by atoms with Gasteiger partial charge in [0, 0.05) is 19.3 Å². The molecule has 0 saturated heterocycles. The summed E-state index contributed by atoms with van der Waals surface area (Å²) in [5.74, 6) is -0.973. The molecule has 0 N–H and O–H groups in total. The van der Waals surface area contributed by atoms with Gasteiger partial charge in [0.1, 0.15) is 13.2 Å². The van der Waals surface area contributed by atoms with E-state index in [2.05, 4.69) is 93.7 Å². The van der Waals surface area contributed by atoms with Crippen LogP contribution in [0, 0.1) is 0 Å². The molecule has 0 radical (unpaired) electrons. The van der Waals surface area contributed by atoms with Crippen LogP contribution in [0.25, 0.3) is 0 Å². The summed E-state index contributed by atoms with van der Waals surface area (Å²) in [4.78, 5) is 38.0. The Morgan fingerprint density at radius 1 is 0.317 bits per heavy atom. The lowest BCUT2D eigenvalue weighted by Crippen LogP contribution is -2.30. The van der Waals surface area contributed by atoms with Gasteiger partial charge in [-0.1, -0.05) is 196 Å². The molecule has 63 heavy (non-hydrogen) atoms. The fraction of sp³-hybridized carbons (Fsp3) is 0.737. The fourth-order valence-corrected chi connectivity index (χ4v) is 7.13. The molecule has 0 unspecified atom stereocenters. The third kappa shape index (κ3) is 49.7. The lowest BCUT2D eigenvalue weighted by molar-refractivity contribution is -0.167. The molecular weight excluding hydrogens is 781 g/mol. The molecule has 0 rings (SSSR count). The molecule has 0 aliphatic carbocycles. The first kappa shape index (κ1) is 59.9. The zero-order chi connectivity index (χ0) is 45.8. The maximum atomic E-state index is 12.8. The van der Waals surface area contributed by atoms with E-state index in [4.69, 9.17) is 14.2 Å². The largest absolute Gasteiger partial charge is 0.462 e. The number of carbonyl (C=O) groups excluding carboxylic acids is 3. The summed E-state index contributed by atoms with van der Waals surface area (Å²) >= 11 is 0. The lowest BCUT2D eigenvalue weighted by atomic mass is 10.1. The summed E-state index contributed by atoms with van der Waals surface area (Å²) in [5, 5.41) is 0. The van der Waals surface area contributed by atoms with E-state index < -0.39 is 6.10 Å². The Bertz CT molecular complexity index is 1190. The number of allylic oxidation sites excluding steroid dienone is 12. The van der Waals surface area contributed by atoms with E-state index in [1.807, 2.05) is 0 Å². The second-order valence-corrected chi connectivity index (χ2v) is 17.4. The van der Waals surface area contributed by atoms with E-state index in [1.165, 1.54) is 122 Å². The number of unbranched alkanes of at least 4 members (excludes halogenated alkanes) is 24. The van der Waals surface area contributed by atoms with Crippen LogP contribution in [0.15, 0.2) is 72.9 Å². The van der Waals surface area contributed by atoms with E-state index in [9.17, 15) is 14.4 Å². The summed E-state index contributed by atoms with van der Waals surface area (Å²) in [6, 6.07) is 0. The van der Waals surface area contributed by atoms with E-state index >= 15 is 0 Å². The van der Waals surface area contributed by atoms with Crippen LogP contribution in [0.3, 0.4) is 0 Å². The van der Waals surface area contributed by atoms with Crippen LogP contribution >= 0.6 is 0 Å². The molecular formula is C57H98O6. The Kier molecular flexibility index (Phi) is 48.9. The van der Waals surface area contributed by atoms with Crippen LogP contribution in [0.2, 0.25) is 0 Å². The minimum Gasteiger partial charge on any atom is -0.462 e. The van der Waals surface area contributed by atoms with Gasteiger partial charge in [0.15, 0.2) is 6.10 Å². The van der Waals surface area contributed by atoms with Crippen LogP contribution in [0.4, 0.5) is 0 Å². The molecule has 6 heteroatoms. The molecule has 362 valence electrons. The van der Waals surface area contributed by atoms with E-state index in [1.54, 1.807) is 0 Å². The Balaban J connectivity index is 4.49. The summed E-state index contributed by atoms with van der Waals surface area (Å²) in [5.41, 5.74) is 0. The maximum Gasteiger partial charge on any atom is 0.306 e. The number of hydrogen-bond acceptors (Lipinski definition) is 6. The number of esters is 3. The molecule has 0 heterocycles. The third-order valence-corrected chi connectivity index (χ3v) is 11.2. The minimum atomic E-state index is -0.804. The Labute approximate surface area is 389 Å². The summed E-state index contributed by atoms with van der Waals surface area (Å²) < 4.78 is 16.7. The average molecular weight is 879 g/mol. The van der Waals surface area contributed by atoms with Crippen LogP contribution < -0.4 is 0 Å². The van der Waals surface area contributed by atoms with Crippen molar-refractivity contribution >= 4 is 17.9 Å². The van der Waals surface area contributed by atoms with Gasteiger partial charge in [0.2, 0.25) is 0 Å². The van der Waals surface area contributed by atoms with Gasteiger partial charge < -0.3 is 14.2 Å². The van der Waals surface area contributed by atoms with Crippen molar-refractivity contribution < 1.29 is 28.6 Å². The van der Waals surface area contributed by atoms with E-state index in [0.717, 1.165) is 83.5 Å². The molecule has 6 nitrogen and oxygen atoms in total. The Hall–Kier alpha value is -3.15. The highest BCUT2D eigenvalue weighted by atomic mass is 16.6. The zero-order valence-corrected chi connectivity index (χ0v) is 41.3. The van der Waals surface area contributed by atoms with Crippen molar-refractivity contribution in [2.45, 2.75) is 258 Å². The molecule has 0 aromatic heterocycles. The van der Waals surface area contributed by atoms with Crippen LogP contribution in [-0.2, 0) is 28.6 Å².